The second-order valence-electron chi connectivity index (χ2n) is 6.98. The summed E-state index contributed by atoms with van der Waals surface area (Å²) >= 11 is 4.43. The first-order chi connectivity index (χ1) is 14.5. The molecule has 0 radical (unpaired) electrons. The zero-order valence-electron chi connectivity index (χ0n) is 16.4. The van der Waals surface area contributed by atoms with Crippen LogP contribution in [0.15, 0.2) is 70.0 Å². The van der Waals surface area contributed by atoms with Gasteiger partial charge in [0.1, 0.15) is 5.75 Å². The van der Waals surface area contributed by atoms with Gasteiger partial charge in [0.15, 0.2) is 0 Å². The van der Waals surface area contributed by atoms with Gasteiger partial charge < -0.3 is 4.74 Å². The molecule has 0 aromatic heterocycles. The number of carbonyl (C=O) groups is 2. The van der Waals surface area contributed by atoms with Crippen molar-refractivity contribution in [2.24, 2.45) is 0 Å². The van der Waals surface area contributed by atoms with E-state index in [4.69, 9.17) is 4.74 Å². The van der Waals surface area contributed by atoms with Crippen LogP contribution in [0.5, 0.6) is 5.75 Å². The maximum atomic E-state index is 13.0. The minimum absolute atomic E-state index is 0.254. The monoisotopic (exact) mass is 481 g/mol. The lowest BCUT2D eigenvalue weighted by Crippen LogP contribution is -2.27. The molecule has 3 aromatic carbocycles. The second kappa shape index (κ2) is 9.06. The third kappa shape index (κ3) is 4.45. The van der Waals surface area contributed by atoms with E-state index >= 15 is 0 Å². The Labute approximate surface area is 188 Å². The quantitative estimate of drug-likeness (QED) is 0.370. The van der Waals surface area contributed by atoms with Crippen LogP contribution in [-0.2, 0) is 11.3 Å². The number of imide groups is 1. The molecule has 0 unspecified atom stereocenters. The Morgan fingerprint density at radius 3 is 2.63 bits per heavy atom. The number of benzene rings is 3. The van der Waals surface area contributed by atoms with Crippen molar-refractivity contribution in [3.05, 3.63) is 81.2 Å². The van der Waals surface area contributed by atoms with Crippen LogP contribution >= 0.6 is 27.7 Å². The highest BCUT2D eigenvalue weighted by Crippen LogP contribution is 2.36. The van der Waals surface area contributed by atoms with Gasteiger partial charge in [0.2, 0.25) is 0 Å². The van der Waals surface area contributed by atoms with Gasteiger partial charge in [-0.05, 0) is 64.9 Å². The molecule has 1 saturated heterocycles. The lowest BCUT2D eigenvalue weighted by atomic mass is 10.1. The summed E-state index contributed by atoms with van der Waals surface area (Å²) in [5, 5.41) is 1.96. The summed E-state index contributed by atoms with van der Waals surface area (Å²) in [7, 11) is 0. The molecule has 1 aliphatic rings. The summed E-state index contributed by atoms with van der Waals surface area (Å²) in [5.74, 6) is 0.418. The van der Waals surface area contributed by atoms with E-state index in [9.17, 15) is 9.59 Å². The average Bonchev–Trinajstić information content (AvgIpc) is 3.00. The van der Waals surface area contributed by atoms with E-state index < -0.39 is 0 Å². The lowest BCUT2D eigenvalue weighted by Gasteiger charge is -2.13. The minimum atomic E-state index is -0.278. The lowest BCUT2D eigenvalue weighted by molar-refractivity contribution is -0.123. The minimum Gasteiger partial charge on any atom is -0.493 e. The Balaban J connectivity index is 1.58. The Bertz CT molecular complexity index is 1160. The van der Waals surface area contributed by atoms with Gasteiger partial charge in [-0.2, -0.15) is 0 Å². The highest BCUT2D eigenvalue weighted by Gasteiger charge is 2.35. The zero-order valence-corrected chi connectivity index (χ0v) is 18.8. The molecule has 2 amide bonds. The molecule has 30 heavy (non-hydrogen) atoms. The number of rotatable bonds is 6. The van der Waals surface area contributed by atoms with Crippen molar-refractivity contribution in [2.75, 3.05) is 6.61 Å². The van der Waals surface area contributed by atoms with Crippen LogP contribution in [0.2, 0.25) is 0 Å². The average molecular weight is 482 g/mol. The normalized spacial score (nSPS) is 15.4. The fourth-order valence-corrected chi connectivity index (χ4v) is 4.48. The second-order valence-corrected chi connectivity index (χ2v) is 8.89. The van der Waals surface area contributed by atoms with Crippen LogP contribution in [0.25, 0.3) is 16.8 Å². The molecule has 1 heterocycles. The third-order valence-electron chi connectivity index (χ3n) is 4.75. The molecule has 0 saturated carbocycles. The Kier molecular flexibility index (Phi) is 6.25. The molecule has 152 valence electrons. The van der Waals surface area contributed by atoms with Crippen LogP contribution in [0.3, 0.4) is 0 Å². The number of halogens is 1. The van der Waals surface area contributed by atoms with Crippen molar-refractivity contribution in [1.29, 1.82) is 0 Å². The molecule has 0 bridgehead atoms. The van der Waals surface area contributed by atoms with Gasteiger partial charge in [0.25, 0.3) is 11.1 Å². The predicted octanol–water partition coefficient (Wildman–Crippen LogP) is 6.63. The first-order valence-electron chi connectivity index (χ1n) is 9.70. The maximum Gasteiger partial charge on any atom is 0.293 e. The van der Waals surface area contributed by atoms with Gasteiger partial charge in [-0.3, -0.25) is 14.5 Å². The third-order valence-corrected chi connectivity index (χ3v) is 6.15. The maximum absolute atomic E-state index is 13.0. The number of hydrogen-bond donors (Lipinski definition) is 0. The molecule has 4 nitrogen and oxygen atoms in total. The van der Waals surface area contributed by atoms with E-state index in [0.717, 1.165) is 44.6 Å². The Hall–Kier alpha value is -2.57. The first-order valence-corrected chi connectivity index (χ1v) is 11.3. The van der Waals surface area contributed by atoms with Crippen molar-refractivity contribution >= 4 is 55.7 Å². The highest BCUT2D eigenvalue weighted by molar-refractivity contribution is 9.10. The zero-order chi connectivity index (χ0) is 21.1. The van der Waals surface area contributed by atoms with Crippen LogP contribution in [0.4, 0.5) is 4.79 Å². The van der Waals surface area contributed by atoms with Crippen LogP contribution in [-0.4, -0.2) is 22.7 Å². The molecule has 0 aliphatic carbocycles. The predicted molar refractivity (Wildman–Crippen MR) is 125 cm³/mol. The van der Waals surface area contributed by atoms with Gasteiger partial charge >= 0.3 is 0 Å². The van der Waals surface area contributed by atoms with Crippen molar-refractivity contribution in [3.8, 4) is 5.75 Å². The van der Waals surface area contributed by atoms with Gasteiger partial charge in [0.05, 0.1) is 18.1 Å². The van der Waals surface area contributed by atoms with Crippen LogP contribution in [0.1, 0.15) is 24.5 Å². The van der Waals surface area contributed by atoms with Crippen LogP contribution < -0.4 is 4.74 Å². The molecule has 3 aromatic rings. The molecule has 0 atom stereocenters. The van der Waals surface area contributed by atoms with E-state index in [1.165, 1.54) is 4.90 Å². The van der Waals surface area contributed by atoms with E-state index in [1.54, 1.807) is 6.08 Å². The number of amides is 2. The van der Waals surface area contributed by atoms with Crippen molar-refractivity contribution in [1.82, 2.24) is 4.90 Å². The Morgan fingerprint density at radius 2 is 1.83 bits per heavy atom. The van der Waals surface area contributed by atoms with Gasteiger partial charge in [0, 0.05) is 10.0 Å². The molecule has 6 heteroatoms. The molecule has 4 rings (SSSR count). The number of ether oxygens (including phenoxy) is 1. The largest absolute Gasteiger partial charge is 0.493 e. The summed E-state index contributed by atoms with van der Waals surface area (Å²) in [4.78, 5) is 27.2. The smallest absolute Gasteiger partial charge is 0.293 e. The molecule has 0 spiro atoms. The summed E-state index contributed by atoms with van der Waals surface area (Å²) in [6.45, 7) is 2.88. The van der Waals surface area contributed by atoms with E-state index in [2.05, 4.69) is 15.9 Å². The molecule has 1 aliphatic heterocycles. The van der Waals surface area contributed by atoms with Gasteiger partial charge in [-0.15, -0.1) is 0 Å². The molecule has 1 fully saturated rings. The van der Waals surface area contributed by atoms with E-state index in [-0.39, 0.29) is 17.7 Å². The molecular weight excluding hydrogens is 462 g/mol. The first kappa shape index (κ1) is 20.7. The summed E-state index contributed by atoms with van der Waals surface area (Å²) in [6, 6.07) is 19.7. The fraction of sp³-hybridized carbons (Fsp3) is 0.167. The van der Waals surface area contributed by atoms with Crippen molar-refractivity contribution in [3.63, 3.8) is 0 Å². The number of nitrogens with zero attached hydrogens (tertiary/aromatic N) is 1. The molecule has 0 N–H and O–H groups in total. The Morgan fingerprint density at radius 1 is 1.03 bits per heavy atom. The van der Waals surface area contributed by atoms with E-state index in [0.29, 0.717) is 17.3 Å². The number of fused-ring (bicyclic) bond motifs is 1. The molecular formula is C24H20BrNO3S. The van der Waals surface area contributed by atoms with Crippen LogP contribution in [0, 0.1) is 0 Å². The van der Waals surface area contributed by atoms with Gasteiger partial charge in [-0.1, -0.05) is 59.3 Å². The van der Waals surface area contributed by atoms with Crippen molar-refractivity contribution in [2.45, 2.75) is 19.9 Å². The summed E-state index contributed by atoms with van der Waals surface area (Å²) in [6.07, 6.45) is 2.62. The fourth-order valence-electron chi connectivity index (χ4n) is 3.27. The number of hydrogen-bond acceptors (Lipinski definition) is 4. The topological polar surface area (TPSA) is 46.6 Å². The van der Waals surface area contributed by atoms with Crippen molar-refractivity contribution < 1.29 is 14.3 Å². The SMILES string of the molecule is CCCOc1ccc(Br)cc1/C=C1\SC(=O)N(Cc2ccc3ccccc3c2)C1=O. The van der Waals surface area contributed by atoms with Gasteiger partial charge in [-0.25, -0.2) is 0 Å². The standard InChI is InChI=1S/C24H20BrNO3S/c1-2-11-29-21-10-9-20(25)13-19(21)14-22-23(27)26(24(28)30-22)15-16-7-8-17-5-3-4-6-18(17)12-16/h3-10,12-14H,2,11,15H2,1H3/b22-14-. The highest BCUT2D eigenvalue weighted by atomic mass is 79.9. The van der Waals surface area contributed by atoms with E-state index in [1.807, 2.05) is 67.6 Å². The number of thioether (sulfide) groups is 1. The summed E-state index contributed by atoms with van der Waals surface area (Å²) < 4.78 is 6.67. The summed E-state index contributed by atoms with van der Waals surface area (Å²) in [5.41, 5.74) is 1.70. The number of carbonyl (C=O) groups excluding carboxylic acids is 2.